The minimum atomic E-state index is 0. The Morgan fingerprint density at radius 3 is 2.00 bits per heavy atom. The van der Waals surface area contributed by atoms with E-state index in [1.807, 2.05) is 0 Å². The Morgan fingerprint density at radius 2 is 2.00 bits per heavy atom. The predicted octanol–water partition coefficient (Wildman–Crippen LogP) is -2.85. The van der Waals surface area contributed by atoms with Crippen LogP contribution in [0.15, 0.2) is 4.66 Å². The highest BCUT2D eigenvalue weighted by Gasteiger charge is 1.29. The Labute approximate surface area is 37.8 Å². The molecule has 0 amide bonds. The molecule has 0 aliphatic rings. The van der Waals surface area contributed by atoms with Crippen molar-refractivity contribution in [1.29, 1.82) is 0 Å². The van der Waals surface area contributed by atoms with Gasteiger partial charge in [0.25, 0.3) is 0 Å². The van der Waals surface area contributed by atoms with Gasteiger partial charge in [-0.15, -0.1) is 0 Å². The van der Waals surface area contributed by atoms with E-state index >= 15 is 0 Å². The van der Waals surface area contributed by atoms with E-state index < -0.39 is 0 Å². The highest BCUT2D eigenvalue weighted by molar-refractivity contribution is 6.07. The molecule has 0 saturated carbocycles. The van der Waals surface area contributed by atoms with Crippen LogP contribution in [0.1, 0.15) is 0 Å². The maximum Gasteiger partial charge on any atom is 0.223 e. The fraction of sp³-hybridized carbons (Fsp3) is 0. The van der Waals surface area contributed by atoms with Crippen molar-refractivity contribution in [1.82, 2.24) is 0 Å². The summed E-state index contributed by atoms with van der Waals surface area (Å²) < 4.78 is 3.07. The normalized spacial score (nSPS) is 4.00. The Hall–Kier alpha value is -0.186. The van der Waals surface area contributed by atoms with E-state index in [0.29, 0.717) is 10.4 Å². The van der Waals surface area contributed by atoms with Crippen molar-refractivity contribution in [3.05, 3.63) is 0 Å². The van der Waals surface area contributed by atoms with Crippen molar-refractivity contribution in [3.63, 3.8) is 0 Å². The van der Waals surface area contributed by atoms with Gasteiger partial charge in [-0.05, 0) is 11.0 Å². The lowest BCUT2D eigenvalue weighted by Gasteiger charge is -1.36. The first-order chi connectivity index (χ1) is 1.91. The third-order valence-corrected chi connectivity index (χ3v) is 0.274. The van der Waals surface area contributed by atoms with Gasteiger partial charge in [-0.25, -0.2) is 4.79 Å². The lowest BCUT2D eigenvalue weighted by molar-refractivity contribution is 0.566. The van der Waals surface area contributed by atoms with Gasteiger partial charge in [0.05, 0.1) is 0 Å². The van der Waals surface area contributed by atoms with E-state index in [0.717, 1.165) is 0 Å². The van der Waals surface area contributed by atoms with Crippen LogP contribution >= 0.6 is 0 Å². The molecule has 0 aromatic rings. The minimum absolute atomic E-state index is 0. The summed E-state index contributed by atoms with van der Waals surface area (Å²) in [6.45, 7) is 0. The number of carbonyl (C=O) groups excluding carboxylic acids is 1. The fourth-order valence-corrected chi connectivity index (χ4v) is 0. The number of rotatable bonds is 0. The van der Waals surface area contributed by atoms with E-state index in [1.54, 1.807) is 0 Å². The first-order valence-corrected chi connectivity index (χ1v) is 1.77. The first-order valence-electron chi connectivity index (χ1n) is 0.875. The maximum absolute atomic E-state index is 8.92. The summed E-state index contributed by atoms with van der Waals surface area (Å²) >= 11 is 0. The number of hydrogen-bond donors (Lipinski definition) is 0. The van der Waals surface area contributed by atoms with Gasteiger partial charge in [0.15, 0.2) is 10.4 Å². The second-order valence-electron chi connectivity index (χ2n) is 0.315. The molecule has 0 atom stereocenters. The Balaban J connectivity index is 0. The second-order valence-corrected chi connectivity index (χ2v) is 0.762. The highest BCUT2D eigenvalue weighted by atomic mass is 28.2. The van der Waals surface area contributed by atoms with Crippen LogP contribution in [-0.2, 0) is 4.79 Å². The minimum Gasteiger partial charge on any atom is -0.260 e. The van der Waals surface area contributed by atoms with Gasteiger partial charge in [-0.1, -0.05) is 0 Å². The first kappa shape index (κ1) is 8.84. The molecule has 0 radical (unpaired) electrons. The molecule has 0 N–H and O–H groups in total. The molecule has 0 aliphatic heterocycles. The molecule has 0 bridgehead atoms. The quantitative estimate of drug-likeness (QED) is 0.185. The van der Waals surface area contributed by atoms with Gasteiger partial charge < -0.3 is 0 Å². The molecule has 0 aromatic heterocycles. The zero-order valence-electron chi connectivity index (χ0n) is 2.36. The van der Waals surface area contributed by atoms with Crippen molar-refractivity contribution in [2.75, 3.05) is 0 Å². The third kappa shape index (κ3) is 18.9. The van der Waals surface area contributed by atoms with Crippen LogP contribution < -0.4 is 0 Å². The monoisotopic (exact) mass is 105 g/mol. The van der Waals surface area contributed by atoms with E-state index in [4.69, 9.17) is 4.79 Å². The second kappa shape index (κ2) is 9.18. The van der Waals surface area contributed by atoms with E-state index in [-0.39, 0.29) is 11.0 Å². The van der Waals surface area contributed by atoms with Crippen molar-refractivity contribution < 1.29 is 4.79 Å². The van der Waals surface area contributed by atoms with Crippen molar-refractivity contribution >= 4 is 27.4 Å². The average Bonchev–Trinajstić information content (AvgIpc) is 1.37. The lowest BCUT2D eigenvalue weighted by Crippen LogP contribution is -1.43. The smallest absolute Gasteiger partial charge is 0.223 e. The molecule has 30 valence electrons. The third-order valence-electron chi connectivity index (χ3n) is 0.0913. The van der Waals surface area contributed by atoms with Gasteiger partial charge in [0.1, 0.15) is 0 Å². The van der Waals surface area contributed by atoms with Crippen LogP contribution in [0.3, 0.4) is 0 Å². The highest BCUT2D eigenvalue weighted by Crippen LogP contribution is 1.24. The molecule has 0 aromatic carbocycles. The Kier molecular flexibility index (Phi) is 16.2. The molecule has 5 heavy (non-hydrogen) atoms. The maximum atomic E-state index is 8.92. The molecule has 0 spiro atoms. The SMILES string of the molecule is O=C=N[SiH3].[SiH4]. The van der Waals surface area contributed by atoms with Crippen molar-refractivity contribution in [3.8, 4) is 0 Å². The standard InChI is InChI=1S/CH3NOSi.H4Si/c3-1-2-4;/h4H3;1H4. The Bertz CT molecular complexity index is 47.6. The summed E-state index contributed by atoms with van der Waals surface area (Å²) in [4.78, 5) is 8.92. The molecule has 2 nitrogen and oxygen atoms in total. The summed E-state index contributed by atoms with van der Waals surface area (Å²) in [6, 6.07) is 0. The topological polar surface area (TPSA) is 29.4 Å². The molecule has 0 unspecified atom stereocenters. The lowest BCUT2D eigenvalue weighted by atomic mass is 11.7. The van der Waals surface area contributed by atoms with Crippen molar-refractivity contribution in [2.45, 2.75) is 0 Å². The van der Waals surface area contributed by atoms with Crippen LogP contribution in [0.5, 0.6) is 0 Å². The predicted molar refractivity (Wildman–Crippen MR) is 29.4 cm³/mol. The summed E-state index contributed by atoms with van der Waals surface area (Å²) in [5.74, 6) is 0. The van der Waals surface area contributed by atoms with Crippen LogP contribution in [0, 0.1) is 0 Å². The summed E-state index contributed by atoms with van der Waals surface area (Å²) in [7, 11) is 0.591. The van der Waals surface area contributed by atoms with Gasteiger partial charge in [-0.3, -0.25) is 4.66 Å². The number of nitrogens with zero attached hydrogens (tertiary/aromatic N) is 1. The summed E-state index contributed by atoms with van der Waals surface area (Å²) in [6.07, 6.45) is 1.37. The number of hydrogen-bond acceptors (Lipinski definition) is 2. The summed E-state index contributed by atoms with van der Waals surface area (Å²) in [5.41, 5.74) is 0. The molecule has 0 fully saturated rings. The molecule has 0 saturated heterocycles. The summed E-state index contributed by atoms with van der Waals surface area (Å²) in [5, 5.41) is 0. The molecule has 0 rings (SSSR count). The molecule has 0 heterocycles. The average molecular weight is 105 g/mol. The zero-order chi connectivity index (χ0) is 3.41. The molecule has 0 aliphatic carbocycles. The van der Waals surface area contributed by atoms with Crippen LogP contribution in [0.2, 0.25) is 0 Å². The fourth-order valence-electron chi connectivity index (χ4n) is 0. The van der Waals surface area contributed by atoms with Gasteiger partial charge in [0.2, 0.25) is 6.08 Å². The zero-order valence-corrected chi connectivity index (χ0v) is 4.36. The van der Waals surface area contributed by atoms with Crippen LogP contribution in [-0.4, -0.2) is 27.4 Å². The molecular weight excluding hydrogens is 98.2 g/mol. The van der Waals surface area contributed by atoms with Gasteiger partial charge in [0, 0.05) is 0 Å². The van der Waals surface area contributed by atoms with E-state index in [1.165, 1.54) is 6.08 Å². The van der Waals surface area contributed by atoms with E-state index in [9.17, 15) is 0 Å². The Morgan fingerprint density at radius 1 is 1.80 bits per heavy atom. The van der Waals surface area contributed by atoms with Gasteiger partial charge in [-0.2, -0.15) is 0 Å². The van der Waals surface area contributed by atoms with Crippen molar-refractivity contribution in [2.24, 2.45) is 4.66 Å². The van der Waals surface area contributed by atoms with Crippen LogP contribution in [0.4, 0.5) is 0 Å². The molecule has 4 heteroatoms. The van der Waals surface area contributed by atoms with E-state index in [2.05, 4.69) is 4.66 Å². The van der Waals surface area contributed by atoms with Gasteiger partial charge >= 0.3 is 0 Å². The molecular formula is CH7NOSi2. The van der Waals surface area contributed by atoms with Crippen LogP contribution in [0.25, 0.3) is 0 Å². The largest absolute Gasteiger partial charge is 0.260 e. The number of isocyanates is 1.